The van der Waals surface area contributed by atoms with E-state index in [1.165, 1.54) is 32.5 Å². The van der Waals surface area contributed by atoms with Crippen LogP contribution >= 0.6 is 0 Å². The first-order chi connectivity index (χ1) is 7.57. The lowest BCUT2D eigenvalue weighted by molar-refractivity contribution is 0.176. The summed E-state index contributed by atoms with van der Waals surface area (Å²) in [7, 11) is 0. The highest BCUT2D eigenvalue weighted by Crippen LogP contribution is 2.19. The predicted molar refractivity (Wildman–Crippen MR) is 68.6 cm³/mol. The van der Waals surface area contributed by atoms with Crippen LogP contribution in [-0.2, 0) is 0 Å². The van der Waals surface area contributed by atoms with Crippen molar-refractivity contribution in [1.82, 2.24) is 10.2 Å². The van der Waals surface area contributed by atoms with Gasteiger partial charge in [-0.15, -0.1) is 0 Å². The van der Waals surface area contributed by atoms with Crippen LogP contribution in [0.25, 0.3) is 0 Å². The van der Waals surface area contributed by atoms with Crippen LogP contribution in [0.15, 0.2) is 0 Å². The Hall–Kier alpha value is -0.120. The van der Waals surface area contributed by atoms with Crippen LogP contribution in [0, 0.1) is 5.41 Å². The van der Waals surface area contributed by atoms with Gasteiger partial charge in [-0.25, -0.2) is 0 Å². The average molecular weight is 228 g/mol. The van der Waals surface area contributed by atoms with E-state index in [1.807, 2.05) is 0 Å². The summed E-state index contributed by atoms with van der Waals surface area (Å²) in [6.07, 6.45) is 3.42. The van der Waals surface area contributed by atoms with Crippen LogP contribution < -0.4 is 5.32 Å². The molecule has 3 nitrogen and oxygen atoms in total. The van der Waals surface area contributed by atoms with Crippen LogP contribution in [0.1, 0.15) is 40.0 Å². The number of hydrogen-bond acceptors (Lipinski definition) is 3. The second-order valence-corrected chi connectivity index (χ2v) is 5.73. The lowest BCUT2D eigenvalue weighted by Gasteiger charge is -2.34. The van der Waals surface area contributed by atoms with Crippen LogP contribution in [-0.4, -0.2) is 48.8 Å². The number of nitrogens with one attached hydrogen (secondary N) is 1. The fourth-order valence-electron chi connectivity index (χ4n) is 2.26. The van der Waals surface area contributed by atoms with Crippen molar-refractivity contribution in [2.45, 2.75) is 46.1 Å². The molecule has 1 aliphatic rings. The molecule has 0 aromatic heterocycles. The van der Waals surface area contributed by atoms with Gasteiger partial charge < -0.3 is 15.3 Å². The van der Waals surface area contributed by atoms with E-state index in [2.05, 4.69) is 31.0 Å². The Kier molecular flexibility index (Phi) is 5.73. The first-order valence-corrected chi connectivity index (χ1v) is 6.64. The maximum atomic E-state index is 8.97. The summed E-state index contributed by atoms with van der Waals surface area (Å²) in [6, 6.07) is 0.681. The molecule has 0 aromatic carbocycles. The van der Waals surface area contributed by atoms with E-state index in [0.29, 0.717) is 12.6 Å². The van der Waals surface area contributed by atoms with Crippen LogP contribution in [0.3, 0.4) is 0 Å². The molecule has 1 rings (SSSR count). The fourth-order valence-corrected chi connectivity index (χ4v) is 2.26. The standard InChI is InChI=1S/C13H28N2O/c1-4-15-8-5-12(6-9-15)14-11-13(2,3)7-10-16/h12,14,16H,4-11H2,1-3H3. The maximum absolute atomic E-state index is 8.97. The molecule has 0 unspecified atom stereocenters. The second-order valence-electron chi connectivity index (χ2n) is 5.73. The molecule has 0 aromatic rings. The van der Waals surface area contributed by atoms with Gasteiger partial charge in [0.25, 0.3) is 0 Å². The highest BCUT2D eigenvalue weighted by atomic mass is 16.3. The van der Waals surface area contributed by atoms with Crippen molar-refractivity contribution in [3.63, 3.8) is 0 Å². The maximum Gasteiger partial charge on any atom is 0.0436 e. The Morgan fingerprint density at radius 2 is 1.94 bits per heavy atom. The molecule has 0 radical (unpaired) electrons. The van der Waals surface area contributed by atoms with Gasteiger partial charge in [0.1, 0.15) is 0 Å². The molecule has 1 fully saturated rings. The van der Waals surface area contributed by atoms with Gasteiger partial charge >= 0.3 is 0 Å². The third-order valence-electron chi connectivity index (χ3n) is 3.69. The third-order valence-corrected chi connectivity index (χ3v) is 3.69. The molecule has 96 valence electrons. The van der Waals surface area contributed by atoms with Crippen molar-refractivity contribution < 1.29 is 5.11 Å². The van der Waals surface area contributed by atoms with Crippen molar-refractivity contribution in [3.8, 4) is 0 Å². The zero-order valence-corrected chi connectivity index (χ0v) is 11.1. The molecule has 0 amide bonds. The Balaban J connectivity index is 2.19. The van der Waals surface area contributed by atoms with Gasteiger partial charge in [0.2, 0.25) is 0 Å². The zero-order valence-electron chi connectivity index (χ0n) is 11.1. The summed E-state index contributed by atoms with van der Waals surface area (Å²) in [6.45, 7) is 11.6. The minimum atomic E-state index is 0.219. The summed E-state index contributed by atoms with van der Waals surface area (Å²) < 4.78 is 0. The number of rotatable bonds is 6. The fraction of sp³-hybridized carbons (Fsp3) is 1.00. The van der Waals surface area contributed by atoms with E-state index in [4.69, 9.17) is 5.11 Å². The zero-order chi connectivity index (χ0) is 12.0. The largest absolute Gasteiger partial charge is 0.396 e. The van der Waals surface area contributed by atoms with Crippen molar-refractivity contribution in [3.05, 3.63) is 0 Å². The third kappa shape index (κ3) is 4.81. The van der Waals surface area contributed by atoms with Crippen LogP contribution in [0.4, 0.5) is 0 Å². The highest BCUT2D eigenvalue weighted by molar-refractivity contribution is 4.80. The summed E-state index contributed by atoms with van der Waals surface area (Å²) in [4.78, 5) is 2.51. The number of nitrogens with zero attached hydrogens (tertiary/aromatic N) is 1. The minimum Gasteiger partial charge on any atom is -0.396 e. The normalized spacial score (nSPS) is 20.2. The van der Waals surface area contributed by atoms with E-state index in [1.54, 1.807) is 0 Å². The molecule has 0 aliphatic carbocycles. The highest BCUT2D eigenvalue weighted by Gasteiger charge is 2.21. The quantitative estimate of drug-likeness (QED) is 0.722. The average Bonchev–Trinajstić information content (AvgIpc) is 2.27. The summed E-state index contributed by atoms with van der Waals surface area (Å²) in [5, 5.41) is 12.6. The van der Waals surface area contributed by atoms with Crippen LogP contribution in [0.2, 0.25) is 0 Å². The number of aliphatic hydroxyl groups excluding tert-OH is 1. The van der Waals surface area contributed by atoms with E-state index in [9.17, 15) is 0 Å². The van der Waals surface area contributed by atoms with E-state index < -0.39 is 0 Å². The first-order valence-electron chi connectivity index (χ1n) is 6.64. The molecule has 1 aliphatic heterocycles. The van der Waals surface area contributed by atoms with Gasteiger partial charge in [0.05, 0.1) is 0 Å². The smallest absolute Gasteiger partial charge is 0.0436 e. The molecule has 0 bridgehead atoms. The van der Waals surface area contributed by atoms with Gasteiger partial charge in [-0.05, 0) is 44.3 Å². The van der Waals surface area contributed by atoms with E-state index in [0.717, 1.165) is 13.0 Å². The molecule has 1 heterocycles. The molecular formula is C13H28N2O. The Labute approximate surface area is 100 Å². The molecular weight excluding hydrogens is 200 g/mol. The van der Waals surface area contributed by atoms with Gasteiger partial charge in [-0.1, -0.05) is 20.8 Å². The molecule has 16 heavy (non-hydrogen) atoms. The molecule has 0 saturated carbocycles. The number of aliphatic hydroxyl groups is 1. The van der Waals surface area contributed by atoms with Crippen LogP contribution in [0.5, 0.6) is 0 Å². The van der Waals surface area contributed by atoms with E-state index in [-0.39, 0.29) is 5.41 Å². The van der Waals surface area contributed by atoms with Crippen molar-refractivity contribution in [2.24, 2.45) is 5.41 Å². The van der Waals surface area contributed by atoms with E-state index >= 15 is 0 Å². The lowest BCUT2D eigenvalue weighted by Crippen LogP contribution is -2.45. The molecule has 0 atom stereocenters. The number of likely N-dealkylation sites (tertiary alicyclic amines) is 1. The predicted octanol–water partition coefficient (Wildman–Crippen LogP) is 1.47. The first kappa shape index (κ1) is 13.9. The van der Waals surface area contributed by atoms with Gasteiger partial charge in [0.15, 0.2) is 0 Å². The van der Waals surface area contributed by atoms with Gasteiger partial charge in [-0.3, -0.25) is 0 Å². The Morgan fingerprint density at radius 1 is 1.31 bits per heavy atom. The summed E-state index contributed by atoms with van der Waals surface area (Å²) >= 11 is 0. The molecule has 0 spiro atoms. The molecule has 1 saturated heterocycles. The number of hydrogen-bond donors (Lipinski definition) is 2. The lowest BCUT2D eigenvalue weighted by atomic mass is 9.89. The second kappa shape index (κ2) is 6.58. The Morgan fingerprint density at radius 3 is 2.44 bits per heavy atom. The Bertz CT molecular complexity index is 186. The van der Waals surface area contributed by atoms with Crippen molar-refractivity contribution in [1.29, 1.82) is 0 Å². The monoisotopic (exact) mass is 228 g/mol. The SMILES string of the molecule is CCN1CCC(NCC(C)(C)CCO)CC1. The van der Waals surface area contributed by atoms with Gasteiger partial charge in [0, 0.05) is 19.2 Å². The summed E-state index contributed by atoms with van der Waals surface area (Å²) in [5.41, 5.74) is 0.219. The minimum absolute atomic E-state index is 0.219. The van der Waals surface area contributed by atoms with Crippen molar-refractivity contribution >= 4 is 0 Å². The summed E-state index contributed by atoms with van der Waals surface area (Å²) in [5.74, 6) is 0. The van der Waals surface area contributed by atoms with Crippen molar-refractivity contribution in [2.75, 3.05) is 32.8 Å². The molecule has 2 N–H and O–H groups in total. The van der Waals surface area contributed by atoms with Gasteiger partial charge in [-0.2, -0.15) is 0 Å². The topological polar surface area (TPSA) is 35.5 Å². The molecule has 3 heteroatoms. The number of piperidine rings is 1.